The van der Waals surface area contributed by atoms with Crippen molar-refractivity contribution < 1.29 is 18.8 Å². The van der Waals surface area contributed by atoms with Gasteiger partial charge >= 0.3 is 0 Å². The summed E-state index contributed by atoms with van der Waals surface area (Å²) in [6, 6.07) is 3.78. The lowest BCUT2D eigenvalue weighted by Gasteiger charge is -2.29. The topological polar surface area (TPSA) is 122 Å². The molecule has 0 spiro atoms. The Kier molecular flexibility index (Phi) is 6.79. The van der Waals surface area contributed by atoms with E-state index in [0.717, 1.165) is 18.5 Å². The number of amides is 2. The van der Waals surface area contributed by atoms with Crippen LogP contribution in [0.5, 0.6) is 0 Å². The van der Waals surface area contributed by atoms with Crippen molar-refractivity contribution in [2.75, 3.05) is 5.32 Å². The summed E-state index contributed by atoms with van der Waals surface area (Å²) in [5.41, 5.74) is 2.21. The molecule has 0 fully saturated rings. The van der Waals surface area contributed by atoms with Crippen LogP contribution < -0.4 is 10.6 Å². The summed E-state index contributed by atoms with van der Waals surface area (Å²) in [6.45, 7) is 9.63. The highest BCUT2D eigenvalue weighted by Crippen LogP contribution is 2.32. The molecule has 0 aliphatic carbocycles. The third-order valence-corrected chi connectivity index (χ3v) is 6.57. The summed E-state index contributed by atoms with van der Waals surface area (Å²) >= 11 is 0. The molecular formula is C26H31FN6O3. The Morgan fingerprint density at radius 2 is 1.92 bits per heavy atom. The number of Topliss-reactive ketones (excluding diaryl/α,β-unsaturated/α-hetero) is 1. The molecule has 2 amide bonds. The number of carbonyl (C=O) groups excluding carboxylic acids is 3. The van der Waals surface area contributed by atoms with E-state index in [9.17, 15) is 18.8 Å². The molecule has 4 rings (SSSR count). The van der Waals surface area contributed by atoms with Gasteiger partial charge in [0, 0.05) is 17.9 Å². The fourth-order valence-corrected chi connectivity index (χ4v) is 4.74. The normalized spacial score (nSPS) is 14.2. The van der Waals surface area contributed by atoms with E-state index in [1.54, 1.807) is 24.5 Å². The van der Waals surface area contributed by atoms with E-state index >= 15 is 0 Å². The fourth-order valence-electron chi connectivity index (χ4n) is 4.74. The average Bonchev–Trinajstić information content (AvgIpc) is 3.44. The highest BCUT2D eigenvalue weighted by Gasteiger charge is 2.36. The minimum absolute atomic E-state index is 0.216. The first-order chi connectivity index (χ1) is 17.0. The average molecular weight is 495 g/mol. The summed E-state index contributed by atoms with van der Waals surface area (Å²) in [4.78, 5) is 44.2. The molecule has 3 heterocycles. The first kappa shape index (κ1) is 25.3. The lowest BCUT2D eigenvalue weighted by Crippen LogP contribution is -2.41. The van der Waals surface area contributed by atoms with E-state index in [1.807, 2.05) is 20.8 Å². The van der Waals surface area contributed by atoms with Gasteiger partial charge in [-0.25, -0.2) is 9.37 Å². The van der Waals surface area contributed by atoms with E-state index in [0.29, 0.717) is 41.2 Å². The molecule has 10 heteroatoms. The number of hydrogen-bond donors (Lipinski definition) is 3. The second-order valence-electron chi connectivity index (χ2n) is 10.3. The molecule has 0 saturated heterocycles. The van der Waals surface area contributed by atoms with Gasteiger partial charge < -0.3 is 15.2 Å². The van der Waals surface area contributed by atoms with Gasteiger partial charge in [-0.3, -0.25) is 19.5 Å². The van der Waals surface area contributed by atoms with Crippen LogP contribution in [0.3, 0.4) is 0 Å². The van der Waals surface area contributed by atoms with E-state index in [1.165, 1.54) is 18.5 Å². The molecule has 0 saturated carbocycles. The molecule has 190 valence electrons. The highest BCUT2D eigenvalue weighted by atomic mass is 19.1. The molecule has 3 aromatic rings. The lowest BCUT2D eigenvalue weighted by molar-refractivity contribution is -0.118. The van der Waals surface area contributed by atoms with Crippen molar-refractivity contribution in [3.63, 3.8) is 0 Å². The number of nitrogens with one attached hydrogen (secondary N) is 3. The molecule has 9 nitrogen and oxygen atoms in total. The molecule has 1 atom stereocenters. The molecule has 0 bridgehead atoms. The minimum Gasteiger partial charge on any atom is -0.341 e. The second kappa shape index (κ2) is 9.67. The van der Waals surface area contributed by atoms with Gasteiger partial charge in [-0.05, 0) is 67.9 Å². The minimum atomic E-state index is -0.776. The molecular weight excluding hydrogens is 463 g/mol. The van der Waals surface area contributed by atoms with E-state index in [4.69, 9.17) is 0 Å². The molecule has 3 N–H and O–H groups in total. The predicted molar refractivity (Wildman–Crippen MR) is 132 cm³/mol. The van der Waals surface area contributed by atoms with Crippen LogP contribution in [0.1, 0.15) is 83.1 Å². The summed E-state index contributed by atoms with van der Waals surface area (Å²) in [5.74, 6) is -1.78. The smallest absolute Gasteiger partial charge is 0.294 e. The van der Waals surface area contributed by atoms with Crippen molar-refractivity contribution in [2.24, 2.45) is 5.41 Å². The van der Waals surface area contributed by atoms with Gasteiger partial charge in [0.15, 0.2) is 0 Å². The quantitative estimate of drug-likeness (QED) is 0.353. The van der Waals surface area contributed by atoms with Crippen LogP contribution in [0.2, 0.25) is 0 Å². The standard InChI is InChI=1S/C26H31FN6O3/c1-14-12-16(9-10-17(14)27)30-24(35)19-15(2)20(33-11-7-6-8-18(19)33)21(34)25(36)31-22(26(3,4)5)23-28-13-29-32-23/h9-10,12-13,22H,6-8,11H2,1-5H3,(H,30,35)(H,31,36)(H,28,29,32)/t22-/m0/s1. The summed E-state index contributed by atoms with van der Waals surface area (Å²) in [6.07, 6.45) is 3.67. The van der Waals surface area contributed by atoms with Crippen molar-refractivity contribution in [1.29, 1.82) is 0 Å². The van der Waals surface area contributed by atoms with Crippen molar-refractivity contribution in [3.8, 4) is 0 Å². The van der Waals surface area contributed by atoms with Crippen molar-refractivity contribution in [3.05, 3.63) is 64.2 Å². The zero-order valence-electron chi connectivity index (χ0n) is 21.2. The first-order valence-corrected chi connectivity index (χ1v) is 12.0. The number of anilines is 1. The van der Waals surface area contributed by atoms with Crippen LogP contribution in [0, 0.1) is 25.1 Å². The number of aromatic nitrogens is 4. The number of hydrogen-bond acceptors (Lipinski definition) is 5. The van der Waals surface area contributed by atoms with Gasteiger partial charge in [-0.2, -0.15) is 5.10 Å². The van der Waals surface area contributed by atoms with Crippen LogP contribution in [-0.4, -0.2) is 37.3 Å². The van der Waals surface area contributed by atoms with E-state index in [-0.39, 0.29) is 11.5 Å². The number of rotatable bonds is 6. The largest absolute Gasteiger partial charge is 0.341 e. The third-order valence-electron chi connectivity index (χ3n) is 6.57. The Balaban J connectivity index is 1.66. The van der Waals surface area contributed by atoms with Gasteiger partial charge in [-0.15, -0.1) is 0 Å². The summed E-state index contributed by atoms with van der Waals surface area (Å²) in [7, 11) is 0. The Morgan fingerprint density at radius 1 is 1.17 bits per heavy atom. The maximum Gasteiger partial charge on any atom is 0.294 e. The summed E-state index contributed by atoms with van der Waals surface area (Å²) in [5, 5.41) is 12.3. The van der Waals surface area contributed by atoms with Gasteiger partial charge in [0.05, 0.1) is 17.3 Å². The monoisotopic (exact) mass is 494 g/mol. The number of ketones is 1. The number of halogens is 1. The van der Waals surface area contributed by atoms with Crippen molar-refractivity contribution >= 4 is 23.3 Å². The van der Waals surface area contributed by atoms with Crippen molar-refractivity contribution in [2.45, 2.75) is 66.5 Å². The Bertz CT molecular complexity index is 1320. The fraction of sp³-hybridized carbons (Fsp3) is 0.423. The van der Waals surface area contributed by atoms with Crippen LogP contribution in [0.4, 0.5) is 10.1 Å². The lowest BCUT2D eigenvalue weighted by atomic mass is 9.86. The number of benzene rings is 1. The number of aromatic amines is 1. The Hall–Kier alpha value is -3.82. The van der Waals surface area contributed by atoms with Crippen LogP contribution in [0.15, 0.2) is 24.5 Å². The number of aryl methyl sites for hydroxylation is 1. The maximum atomic E-state index is 13.7. The molecule has 1 aliphatic rings. The molecule has 1 aromatic carbocycles. The van der Waals surface area contributed by atoms with Crippen LogP contribution in [-0.2, 0) is 17.8 Å². The first-order valence-electron chi connectivity index (χ1n) is 12.0. The van der Waals surface area contributed by atoms with Gasteiger partial charge in [0.25, 0.3) is 17.6 Å². The van der Waals surface area contributed by atoms with Gasteiger partial charge in [-0.1, -0.05) is 20.8 Å². The number of nitrogens with zero attached hydrogens (tertiary/aromatic N) is 3. The summed E-state index contributed by atoms with van der Waals surface area (Å²) < 4.78 is 15.5. The molecule has 36 heavy (non-hydrogen) atoms. The SMILES string of the molecule is Cc1cc(NC(=O)c2c(C)c(C(=O)C(=O)N[C@@H](c3ncn[nH]3)C(C)(C)C)n3c2CCCC3)ccc1F. The second-order valence-corrected chi connectivity index (χ2v) is 10.3. The van der Waals surface area contributed by atoms with E-state index < -0.39 is 29.1 Å². The molecule has 0 radical (unpaired) electrons. The molecule has 1 aliphatic heterocycles. The van der Waals surface area contributed by atoms with Gasteiger partial charge in [0.2, 0.25) is 0 Å². The van der Waals surface area contributed by atoms with E-state index in [2.05, 4.69) is 25.8 Å². The molecule has 0 unspecified atom stereocenters. The Morgan fingerprint density at radius 3 is 2.56 bits per heavy atom. The maximum absolute atomic E-state index is 13.7. The predicted octanol–water partition coefficient (Wildman–Crippen LogP) is 4.04. The zero-order chi connectivity index (χ0) is 26.2. The number of H-pyrrole nitrogens is 1. The van der Waals surface area contributed by atoms with Crippen molar-refractivity contribution in [1.82, 2.24) is 25.1 Å². The Labute approximate surface area is 208 Å². The number of fused-ring (bicyclic) bond motifs is 1. The third kappa shape index (κ3) is 4.80. The van der Waals surface area contributed by atoms with Crippen LogP contribution in [0.25, 0.3) is 0 Å². The number of carbonyl (C=O) groups is 3. The molecule has 2 aromatic heterocycles. The van der Waals surface area contributed by atoms with Crippen LogP contribution >= 0.6 is 0 Å². The van der Waals surface area contributed by atoms with Gasteiger partial charge in [0.1, 0.15) is 18.0 Å². The zero-order valence-corrected chi connectivity index (χ0v) is 21.2. The highest BCUT2D eigenvalue weighted by molar-refractivity contribution is 6.43.